The molecule has 0 saturated heterocycles. The second-order valence-corrected chi connectivity index (χ2v) is 4.76. The smallest absolute Gasteiger partial charge is 0.354 e. The van der Waals surface area contributed by atoms with Crippen molar-refractivity contribution in [3.05, 3.63) is 41.1 Å². The van der Waals surface area contributed by atoms with Gasteiger partial charge < -0.3 is 10.1 Å². The number of nitrogens with zero attached hydrogens (tertiary/aromatic N) is 1. The van der Waals surface area contributed by atoms with Gasteiger partial charge in [0.15, 0.2) is 0 Å². The molecule has 0 spiro atoms. The zero-order valence-electron chi connectivity index (χ0n) is 10.0. The number of nitrogens with one attached hydrogen (secondary N) is 2. The maximum Gasteiger partial charge on any atom is 0.354 e. The molecule has 0 radical (unpaired) electrons. The molecule has 4 rings (SSSR count). The Morgan fingerprint density at radius 3 is 2.84 bits per heavy atom. The molecule has 0 unspecified atom stereocenters. The number of para-hydroxylation sites is 1. The molecule has 3 N–H and O–H groups in total. The number of aryl methyl sites for hydroxylation is 1. The van der Waals surface area contributed by atoms with Crippen LogP contribution in [0.2, 0.25) is 0 Å². The van der Waals surface area contributed by atoms with Gasteiger partial charge in [0.1, 0.15) is 11.4 Å². The summed E-state index contributed by atoms with van der Waals surface area (Å²) in [7, 11) is 0. The van der Waals surface area contributed by atoms with Crippen LogP contribution in [0.3, 0.4) is 0 Å². The van der Waals surface area contributed by atoms with Gasteiger partial charge in [0.05, 0.1) is 5.69 Å². The molecule has 0 bridgehead atoms. The average Bonchev–Trinajstić information content (AvgIpc) is 2.99. The van der Waals surface area contributed by atoms with E-state index in [1.54, 1.807) is 0 Å². The zero-order chi connectivity index (χ0) is 13.0. The Balaban J connectivity index is 2.02. The standard InChI is InChI=1S/C14H11N3O2/c18-14(19)13-9-6-5-8-7-3-1-2-4-10(7)15-11(8)12(9)16-17-13/h1-4,15H,5-6H2,(H,16,17)(H,18,19). The van der Waals surface area contributed by atoms with E-state index in [-0.39, 0.29) is 5.69 Å². The van der Waals surface area contributed by atoms with Crippen LogP contribution < -0.4 is 0 Å². The summed E-state index contributed by atoms with van der Waals surface area (Å²) in [6.07, 6.45) is 1.55. The van der Waals surface area contributed by atoms with Crippen LogP contribution in [-0.4, -0.2) is 26.3 Å². The van der Waals surface area contributed by atoms with E-state index in [2.05, 4.69) is 21.2 Å². The van der Waals surface area contributed by atoms with Crippen molar-refractivity contribution in [2.75, 3.05) is 0 Å². The van der Waals surface area contributed by atoms with Gasteiger partial charge in [0, 0.05) is 16.5 Å². The average molecular weight is 253 g/mol. The molecule has 0 saturated carbocycles. The summed E-state index contributed by atoms with van der Waals surface area (Å²) in [6, 6.07) is 8.11. The number of benzene rings is 1. The molecular weight excluding hydrogens is 242 g/mol. The van der Waals surface area contributed by atoms with Gasteiger partial charge in [0.25, 0.3) is 0 Å². The summed E-state index contributed by atoms with van der Waals surface area (Å²) < 4.78 is 0. The van der Waals surface area contributed by atoms with E-state index in [4.69, 9.17) is 5.11 Å². The minimum atomic E-state index is -0.951. The Hall–Kier alpha value is -2.56. The highest BCUT2D eigenvalue weighted by atomic mass is 16.4. The van der Waals surface area contributed by atoms with Gasteiger partial charge in [-0.3, -0.25) is 5.10 Å². The fraction of sp³-hybridized carbons (Fsp3) is 0.143. The molecule has 94 valence electrons. The number of H-pyrrole nitrogens is 2. The van der Waals surface area contributed by atoms with Gasteiger partial charge in [0.2, 0.25) is 0 Å². The molecule has 0 fully saturated rings. The molecule has 0 amide bonds. The van der Waals surface area contributed by atoms with E-state index in [1.807, 2.05) is 18.2 Å². The summed E-state index contributed by atoms with van der Waals surface area (Å²) in [5.74, 6) is -0.951. The van der Waals surface area contributed by atoms with Crippen LogP contribution in [0.1, 0.15) is 21.6 Å². The number of carboxylic acid groups (broad SMARTS) is 1. The van der Waals surface area contributed by atoms with Gasteiger partial charge in [-0.2, -0.15) is 5.10 Å². The fourth-order valence-electron chi connectivity index (χ4n) is 2.90. The highest BCUT2D eigenvalue weighted by Crippen LogP contribution is 2.37. The lowest BCUT2D eigenvalue weighted by atomic mass is 9.92. The lowest BCUT2D eigenvalue weighted by Gasteiger charge is -2.11. The lowest BCUT2D eigenvalue weighted by molar-refractivity contribution is 0.0689. The Labute approximate surface area is 108 Å². The lowest BCUT2D eigenvalue weighted by Crippen LogP contribution is -2.06. The van der Waals surface area contributed by atoms with Gasteiger partial charge in [-0.25, -0.2) is 4.79 Å². The van der Waals surface area contributed by atoms with Crippen molar-refractivity contribution in [3.63, 3.8) is 0 Å². The first-order chi connectivity index (χ1) is 9.25. The number of aromatic carboxylic acids is 1. The van der Waals surface area contributed by atoms with Crippen molar-refractivity contribution in [1.82, 2.24) is 15.2 Å². The molecule has 1 aliphatic rings. The van der Waals surface area contributed by atoms with E-state index >= 15 is 0 Å². The molecule has 2 aromatic heterocycles. The van der Waals surface area contributed by atoms with Gasteiger partial charge >= 0.3 is 5.97 Å². The Morgan fingerprint density at radius 2 is 2.00 bits per heavy atom. The van der Waals surface area contributed by atoms with Crippen molar-refractivity contribution >= 4 is 16.9 Å². The molecule has 19 heavy (non-hydrogen) atoms. The highest BCUT2D eigenvalue weighted by molar-refractivity contribution is 5.94. The fourth-order valence-corrected chi connectivity index (χ4v) is 2.90. The SMILES string of the molecule is O=C(O)c1[nH]nc2c1CCc1c-2[nH]c2ccccc12. The van der Waals surface area contributed by atoms with Crippen molar-refractivity contribution in [2.45, 2.75) is 12.8 Å². The van der Waals surface area contributed by atoms with Gasteiger partial charge in [-0.15, -0.1) is 0 Å². The predicted octanol–water partition coefficient (Wildman–Crippen LogP) is 2.35. The molecule has 3 aromatic rings. The van der Waals surface area contributed by atoms with Crippen LogP contribution in [-0.2, 0) is 12.8 Å². The van der Waals surface area contributed by atoms with Crippen molar-refractivity contribution in [3.8, 4) is 11.4 Å². The van der Waals surface area contributed by atoms with Gasteiger partial charge in [-0.05, 0) is 24.5 Å². The minimum absolute atomic E-state index is 0.208. The summed E-state index contributed by atoms with van der Waals surface area (Å²) in [5, 5.41) is 17.1. The second kappa shape index (κ2) is 3.47. The number of carbonyl (C=O) groups is 1. The minimum Gasteiger partial charge on any atom is -0.477 e. The maximum absolute atomic E-state index is 11.1. The normalized spacial score (nSPS) is 13.3. The molecule has 1 aliphatic carbocycles. The maximum atomic E-state index is 11.1. The van der Waals surface area contributed by atoms with E-state index in [9.17, 15) is 4.79 Å². The van der Waals surface area contributed by atoms with Crippen molar-refractivity contribution in [2.24, 2.45) is 0 Å². The summed E-state index contributed by atoms with van der Waals surface area (Å²) in [4.78, 5) is 14.5. The Bertz CT molecular complexity index is 813. The predicted molar refractivity (Wildman–Crippen MR) is 70.2 cm³/mol. The molecule has 5 nitrogen and oxygen atoms in total. The summed E-state index contributed by atoms with van der Waals surface area (Å²) in [6.45, 7) is 0. The highest BCUT2D eigenvalue weighted by Gasteiger charge is 2.27. The number of rotatable bonds is 1. The molecule has 0 aliphatic heterocycles. The number of hydrogen-bond donors (Lipinski definition) is 3. The van der Waals surface area contributed by atoms with Crippen LogP contribution in [0.4, 0.5) is 0 Å². The van der Waals surface area contributed by atoms with E-state index in [1.165, 1.54) is 10.9 Å². The molecule has 2 heterocycles. The monoisotopic (exact) mass is 253 g/mol. The summed E-state index contributed by atoms with van der Waals surface area (Å²) in [5.41, 5.74) is 5.00. The van der Waals surface area contributed by atoms with E-state index in [0.717, 1.165) is 28.9 Å². The van der Waals surface area contributed by atoms with Gasteiger partial charge in [-0.1, -0.05) is 18.2 Å². The number of aromatic amines is 2. The molecular formula is C14H11N3O2. The van der Waals surface area contributed by atoms with Crippen LogP contribution in [0.5, 0.6) is 0 Å². The van der Waals surface area contributed by atoms with Crippen LogP contribution in [0.15, 0.2) is 24.3 Å². The second-order valence-electron chi connectivity index (χ2n) is 4.76. The topological polar surface area (TPSA) is 81.8 Å². The number of carboxylic acids is 1. The van der Waals surface area contributed by atoms with E-state index in [0.29, 0.717) is 6.42 Å². The molecule has 0 atom stereocenters. The van der Waals surface area contributed by atoms with Crippen LogP contribution in [0, 0.1) is 0 Å². The third-order valence-corrected chi connectivity index (χ3v) is 3.76. The Morgan fingerprint density at radius 1 is 1.21 bits per heavy atom. The third-order valence-electron chi connectivity index (χ3n) is 3.76. The van der Waals surface area contributed by atoms with Crippen LogP contribution >= 0.6 is 0 Å². The number of aromatic nitrogens is 3. The van der Waals surface area contributed by atoms with Crippen molar-refractivity contribution < 1.29 is 9.90 Å². The number of hydrogen-bond acceptors (Lipinski definition) is 2. The van der Waals surface area contributed by atoms with E-state index < -0.39 is 5.97 Å². The number of fused-ring (bicyclic) bond motifs is 5. The van der Waals surface area contributed by atoms with Crippen molar-refractivity contribution in [1.29, 1.82) is 0 Å². The van der Waals surface area contributed by atoms with Crippen LogP contribution in [0.25, 0.3) is 22.3 Å². The molecule has 1 aromatic carbocycles. The first-order valence-corrected chi connectivity index (χ1v) is 6.16. The third kappa shape index (κ3) is 1.29. The molecule has 5 heteroatoms. The summed E-state index contributed by atoms with van der Waals surface area (Å²) >= 11 is 0. The first kappa shape index (κ1) is 10.4. The quantitative estimate of drug-likeness (QED) is 0.622. The zero-order valence-corrected chi connectivity index (χ0v) is 10.0. The first-order valence-electron chi connectivity index (χ1n) is 6.16. The Kier molecular flexibility index (Phi) is 1.90. The largest absolute Gasteiger partial charge is 0.477 e.